The maximum Gasteiger partial charge on any atom is 0.299 e. The van der Waals surface area contributed by atoms with E-state index in [9.17, 15) is 0 Å². The van der Waals surface area contributed by atoms with Crippen molar-refractivity contribution in [2.75, 3.05) is 0 Å². The summed E-state index contributed by atoms with van der Waals surface area (Å²) in [6.07, 6.45) is 4.14. The van der Waals surface area contributed by atoms with Crippen molar-refractivity contribution in [1.82, 2.24) is 0 Å². The molecule has 1 unspecified atom stereocenters. The van der Waals surface area contributed by atoms with Crippen LogP contribution in [0.3, 0.4) is 0 Å². The lowest BCUT2D eigenvalue weighted by molar-refractivity contribution is -0.0803. The highest BCUT2D eigenvalue weighted by Crippen LogP contribution is 2.53. The summed E-state index contributed by atoms with van der Waals surface area (Å²) >= 11 is 0. The third kappa shape index (κ3) is 2.27. The van der Waals surface area contributed by atoms with Crippen LogP contribution in [0.15, 0.2) is 103 Å². The van der Waals surface area contributed by atoms with Gasteiger partial charge in [0.2, 0.25) is 0 Å². The van der Waals surface area contributed by atoms with Crippen LogP contribution in [0.2, 0.25) is 0 Å². The molecule has 0 bridgehead atoms. The largest absolute Gasteiger partial charge is 0.444 e. The Morgan fingerprint density at radius 1 is 0.516 bits per heavy atom. The first-order valence-corrected chi connectivity index (χ1v) is 10.5. The van der Waals surface area contributed by atoms with Gasteiger partial charge in [-0.25, -0.2) is 0 Å². The summed E-state index contributed by atoms with van der Waals surface area (Å²) in [7, 11) is 0. The Bertz CT molecular complexity index is 1550. The molecule has 2 heteroatoms. The zero-order valence-electron chi connectivity index (χ0n) is 16.7. The van der Waals surface area contributed by atoms with Crippen molar-refractivity contribution in [3.8, 4) is 22.6 Å². The minimum atomic E-state index is -0.997. The van der Waals surface area contributed by atoms with Crippen LogP contribution in [-0.2, 0) is 5.79 Å². The molecule has 5 aromatic rings. The Kier molecular flexibility index (Phi) is 3.23. The lowest BCUT2D eigenvalue weighted by Crippen LogP contribution is -2.41. The minimum absolute atomic E-state index is 0.827. The highest BCUT2D eigenvalue weighted by molar-refractivity contribution is 6.09. The van der Waals surface area contributed by atoms with Gasteiger partial charge < -0.3 is 9.47 Å². The van der Waals surface area contributed by atoms with Crippen LogP contribution in [0.5, 0.6) is 11.5 Å². The zero-order valence-corrected chi connectivity index (χ0v) is 16.7. The van der Waals surface area contributed by atoms with E-state index in [-0.39, 0.29) is 0 Å². The molecule has 0 aliphatic carbocycles. The molecule has 0 aromatic heterocycles. The predicted octanol–water partition coefficient (Wildman–Crippen LogP) is 7.31. The molecule has 1 atom stereocenters. The van der Waals surface area contributed by atoms with Crippen molar-refractivity contribution >= 4 is 27.6 Å². The lowest BCUT2D eigenvalue weighted by Gasteiger charge is -2.40. The van der Waals surface area contributed by atoms with Crippen molar-refractivity contribution in [3.05, 3.63) is 114 Å². The average molecular weight is 398 g/mol. The molecular weight excluding hydrogens is 380 g/mol. The molecule has 0 radical (unpaired) electrons. The van der Waals surface area contributed by atoms with Gasteiger partial charge in [-0.15, -0.1) is 0 Å². The molecule has 0 saturated heterocycles. The smallest absolute Gasteiger partial charge is 0.299 e. The molecule has 0 saturated carbocycles. The third-order valence-electron chi connectivity index (χ3n) is 6.37. The van der Waals surface area contributed by atoms with E-state index >= 15 is 0 Å². The third-order valence-corrected chi connectivity index (χ3v) is 6.37. The molecule has 2 heterocycles. The minimum Gasteiger partial charge on any atom is -0.444 e. The predicted molar refractivity (Wildman–Crippen MR) is 125 cm³/mol. The standard InChI is InChI=1S/C29H18O2/c1-4-10-22-19(7-1)13-15-24-27(22)28-23-11-5-2-8-20(23)14-16-26(28)31-29(24)18-17-21-9-3-6-12-25(21)30-29/h1-18H. The quantitative estimate of drug-likeness (QED) is 0.272. The van der Waals surface area contributed by atoms with Crippen molar-refractivity contribution in [1.29, 1.82) is 0 Å². The summed E-state index contributed by atoms with van der Waals surface area (Å²) in [5, 5.41) is 4.80. The molecule has 2 aliphatic heterocycles. The van der Waals surface area contributed by atoms with Gasteiger partial charge in [0, 0.05) is 28.3 Å². The average Bonchev–Trinajstić information content (AvgIpc) is 2.83. The second-order valence-electron chi connectivity index (χ2n) is 8.11. The number of ether oxygens (including phenoxy) is 2. The van der Waals surface area contributed by atoms with Gasteiger partial charge in [-0.2, -0.15) is 0 Å². The maximum atomic E-state index is 6.69. The fourth-order valence-electron chi connectivity index (χ4n) is 4.95. The highest BCUT2D eigenvalue weighted by Gasteiger charge is 2.44. The summed E-state index contributed by atoms with van der Waals surface area (Å²) in [6.45, 7) is 0. The van der Waals surface area contributed by atoms with Crippen molar-refractivity contribution < 1.29 is 9.47 Å². The van der Waals surface area contributed by atoms with E-state index in [1.165, 1.54) is 27.1 Å². The molecule has 0 amide bonds. The number of rotatable bonds is 0. The zero-order chi connectivity index (χ0) is 20.4. The molecule has 0 N–H and O–H groups in total. The summed E-state index contributed by atoms with van der Waals surface area (Å²) in [5.41, 5.74) is 4.40. The van der Waals surface area contributed by atoms with Gasteiger partial charge in [0.1, 0.15) is 11.5 Å². The van der Waals surface area contributed by atoms with E-state index in [2.05, 4.69) is 84.9 Å². The molecule has 7 rings (SSSR count). The molecule has 146 valence electrons. The van der Waals surface area contributed by atoms with Crippen LogP contribution < -0.4 is 9.47 Å². The van der Waals surface area contributed by atoms with Gasteiger partial charge >= 0.3 is 0 Å². The number of benzene rings is 5. The van der Waals surface area contributed by atoms with E-state index in [0.717, 1.165) is 28.2 Å². The highest BCUT2D eigenvalue weighted by atomic mass is 16.7. The second-order valence-corrected chi connectivity index (χ2v) is 8.11. The Hall–Kier alpha value is -4.04. The molecule has 1 spiro atoms. The first-order chi connectivity index (χ1) is 15.3. The normalized spacial score (nSPS) is 18.2. The fourth-order valence-corrected chi connectivity index (χ4v) is 4.95. The van der Waals surface area contributed by atoms with E-state index < -0.39 is 5.79 Å². The van der Waals surface area contributed by atoms with E-state index in [1.54, 1.807) is 0 Å². The summed E-state index contributed by atoms with van der Waals surface area (Å²) in [4.78, 5) is 0. The van der Waals surface area contributed by atoms with Crippen molar-refractivity contribution in [3.63, 3.8) is 0 Å². The Labute approximate surface area is 180 Å². The number of fused-ring (bicyclic) bond motifs is 9. The molecule has 2 aliphatic rings. The van der Waals surface area contributed by atoms with Crippen LogP contribution in [0, 0.1) is 0 Å². The Balaban J connectivity index is 1.60. The maximum absolute atomic E-state index is 6.69. The SMILES string of the molecule is C1=CC2(Oc3ccccc31)Oc1ccc3ccccc3c1-c1c2ccc2ccccc12. The number of hydrogen-bond acceptors (Lipinski definition) is 2. The van der Waals surface area contributed by atoms with Gasteiger partial charge in [0.25, 0.3) is 5.79 Å². The van der Waals surface area contributed by atoms with E-state index in [4.69, 9.17) is 9.47 Å². The monoisotopic (exact) mass is 398 g/mol. The lowest BCUT2D eigenvalue weighted by atomic mass is 9.83. The molecule has 2 nitrogen and oxygen atoms in total. The first-order valence-electron chi connectivity index (χ1n) is 10.5. The van der Waals surface area contributed by atoms with Gasteiger partial charge in [0.05, 0.1) is 0 Å². The number of para-hydroxylation sites is 1. The summed E-state index contributed by atoms with van der Waals surface area (Å²) in [5.74, 6) is 0.670. The number of hydrogen-bond donors (Lipinski definition) is 0. The fraction of sp³-hybridized carbons (Fsp3) is 0.0345. The van der Waals surface area contributed by atoms with Crippen LogP contribution in [-0.4, -0.2) is 0 Å². The van der Waals surface area contributed by atoms with Gasteiger partial charge in [-0.1, -0.05) is 78.9 Å². The van der Waals surface area contributed by atoms with Gasteiger partial charge in [-0.3, -0.25) is 0 Å². The van der Waals surface area contributed by atoms with Gasteiger partial charge in [-0.05, 0) is 45.8 Å². The summed E-state index contributed by atoms with van der Waals surface area (Å²) < 4.78 is 13.3. The van der Waals surface area contributed by atoms with Crippen LogP contribution >= 0.6 is 0 Å². The molecule has 0 fully saturated rings. The molecule has 5 aromatic carbocycles. The van der Waals surface area contributed by atoms with Crippen LogP contribution in [0.4, 0.5) is 0 Å². The van der Waals surface area contributed by atoms with Crippen LogP contribution in [0.25, 0.3) is 38.7 Å². The van der Waals surface area contributed by atoms with Gasteiger partial charge in [0.15, 0.2) is 0 Å². The molecular formula is C29H18O2. The van der Waals surface area contributed by atoms with Crippen LogP contribution in [0.1, 0.15) is 11.1 Å². The summed E-state index contributed by atoms with van der Waals surface area (Å²) in [6, 6.07) is 33.6. The topological polar surface area (TPSA) is 18.5 Å². The van der Waals surface area contributed by atoms with E-state index in [1.807, 2.05) is 24.3 Å². The Morgan fingerprint density at radius 2 is 1.16 bits per heavy atom. The molecule has 31 heavy (non-hydrogen) atoms. The Morgan fingerprint density at radius 3 is 2.00 bits per heavy atom. The van der Waals surface area contributed by atoms with Crippen molar-refractivity contribution in [2.24, 2.45) is 0 Å². The van der Waals surface area contributed by atoms with Crippen molar-refractivity contribution in [2.45, 2.75) is 5.79 Å². The van der Waals surface area contributed by atoms with E-state index in [0.29, 0.717) is 0 Å². The second kappa shape index (κ2) is 5.99. The first kappa shape index (κ1) is 16.7.